The maximum absolute atomic E-state index is 10.7. The van der Waals surface area contributed by atoms with E-state index in [1.54, 1.807) is 17.8 Å². The van der Waals surface area contributed by atoms with Crippen molar-refractivity contribution in [2.24, 2.45) is 7.05 Å². The smallest absolute Gasteiger partial charge is 0.168 e. The third kappa shape index (κ3) is 1.85. The van der Waals surface area contributed by atoms with Gasteiger partial charge in [-0.05, 0) is 12.1 Å². The van der Waals surface area contributed by atoms with Crippen LogP contribution in [0.4, 0.5) is 0 Å². The van der Waals surface area contributed by atoms with Gasteiger partial charge in [-0.25, -0.2) is 0 Å². The number of aryl methyl sites for hydroxylation is 1. The summed E-state index contributed by atoms with van der Waals surface area (Å²) < 4.78 is 2.54. The van der Waals surface area contributed by atoms with Gasteiger partial charge in [0, 0.05) is 17.1 Å². The lowest BCUT2D eigenvalue weighted by molar-refractivity contribution is 0.111. The van der Waals surface area contributed by atoms with E-state index in [-0.39, 0.29) is 0 Å². The molecule has 0 atom stereocenters. The Balaban J connectivity index is 2.55. The lowest BCUT2D eigenvalue weighted by Crippen LogP contribution is -1.95. The molecular weight excluding hydrogens is 256 g/mol. The standard InChI is InChI=1S/C11H9BrN2O/c1-14-8(7-15)6-11(13-14)9-4-2-3-5-10(9)12/h2-7H,1H3. The zero-order valence-corrected chi connectivity index (χ0v) is 9.73. The summed E-state index contributed by atoms with van der Waals surface area (Å²) in [4.78, 5) is 10.7. The average Bonchev–Trinajstić information content (AvgIpc) is 2.60. The van der Waals surface area contributed by atoms with Crippen LogP contribution in [0.1, 0.15) is 10.5 Å². The average molecular weight is 265 g/mol. The van der Waals surface area contributed by atoms with Gasteiger partial charge < -0.3 is 0 Å². The van der Waals surface area contributed by atoms with Crippen molar-refractivity contribution in [1.29, 1.82) is 0 Å². The molecule has 1 heterocycles. The second-order valence-electron chi connectivity index (χ2n) is 3.18. The predicted octanol–water partition coefficient (Wildman–Crippen LogP) is 2.66. The first-order chi connectivity index (χ1) is 7.22. The fraction of sp³-hybridized carbons (Fsp3) is 0.0909. The van der Waals surface area contributed by atoms with Crippen molar-refractivity contribution < 1.29 is 4.79 Å². The molecule has 3 nitrogen and oxygen atoms in total. The van der Waals surface area contributed by atoms with E-state index in [0.29, 0.717) is 5.69 Å². The Kier molecular flexibility index (Phi) is 2.68. The first-order valence-electron chi connectivity index (χ1n) is 4.46. The van der Waals surface area contributed by atoms with Gasteiger partial charge in [0.25, 0.3) is 0 Å². The molecule has 1 aromatic heterocycles. The summed E-state index contributed by atoms with van der Waals surface area (Å²) in [6.07, 6.45) is 0.799. The highest BCUT2D eigenvalue weighted by Gasteiger charge is 2.08. The molecule has 0 N–H and O–H groups in total. The Morgan fingerprint density at radius 2 is 2.13 bits per heavy atom. The second kappa shape index (κ2) is 3.98. The number of rotatable bonds is 2. The molecule has 76 valence electrons. The van der Waals surface area contributed by atoms with Crippen LogP contribution in [0, 0.1) is 0 Å². The van der Waals surface area contributed by atoms with Crippen LogP contribution in [0.15, 0.2) is 34.8 Å². The lowest BCUT2D eigenvalue weighted by Gasteiger charge is -1.98. The van der Waals surface area contributed by atoms with E-state index in [1.165, 1.54) is 0 Å². The highest BCUT2D eigenvalue weighted by atomic mass is 79.9. The Hall–Kier alpha value is -1.42. The van der Waals surface area contributed by atoms with Crippen molar-refractivity contribution in [3.8, 4) is 11.3 Å². The number of carbonyl (C=O) groups is 1. The fourth-order valence-electron chi connectivity index (χ4n) is 1.39. The largest absolute Gasteiger partial charge is 0.296 e. The van der Waals surface area contributed by atoms with Crippen LogP contribution in [-0.2, 0) is 7.05 Å². The Labute approximate surface area is 95.9 Å². The van der Waals surface area contributed by atoms with Gasteiger partial charge in [0.05, 0.1) is 5.69 Å². The van der Waals surface area contributed by atoms with Crippen LogP contribution in [-0.4, -0.2) is 16.1 Å². The van der Waals surface area contributed by atoms with E-state index in [0.717, 1.165) is 22.0 Å². The van der Waals surface area contributed by atoms with Crippen molar-refractivity contribution in [1.82, 2.24) is 9.78 Å². The molecule has 0 bridgehead atoms. The van der Waals surface area contributed by atoms with Crippen molar-refractivity contribution in [3.63, 3.8) is 0 Å². The number of carbonyl (C=O) groups excluding carboxylic acids is 1. The van der Waals surface area contributed by atoms with E-state index in [2.05, 4.69) is 21.0 Å². The minimum atomic E-state index is 0.570. The summed E-state index contributed by atoms with van der Waals surface area (Å²) in [5, 5.41) is 4.27. The molecule has 4 heteroatoms. The molecule has 0 unspecified atom stereocenters. The van der Waals surface area contributed by atoms with E-state index < -0.39 is 0 Å². The molecule has 0 radical (unpaired) electrons. The van der Waals surface area contributed by atoms with Gasteiger partial charge in [-0.1, -0.05) is 34.1 Å². The molecule has 0 aliphatic carbocycles. The number of halogens is 1. The van der Waals surface area contributed by atoms with Crippen LogP contribution in [0.25, 0.3) is 11.3 Å². The topological polar surface area (TPSA) is 34.9 Å². The molecule has 1 aromatic carbocycles. The summed E-state index contributed by atoms with van der Waals surface area (Å²) in [6.45, 7) is 0. The van der Waals surface area contributed by atoms with Gasteiger partial charge in [0.1, 0.15) is 5.69 Å². The molecule has 2 aromatic rings. The Bertz CT molecular complexity index is 505. The molecule has 0 saturated heterocycles. The molecule has 0 amide bonds. The molecule has 0 aliphatic rings. The van der Waals surface area contributed by atoms with Gasteiger partial charge in [-0.3, -0.25) is 9.48 Å². The molecule has 0 spiro atoms. The molecule has 15 heavy (non-hydrogen) atoms. The van der Waals surface area contributed by atoms with Gasteiger partial charge in [0.2, 0.25) is 0 Å². The number of hydrogen-bond acceptors (Lipinski definition) is 2. The SMILES string of the molecule is Cn1nc(-c2ccccc2Br)cc1C=O. The maximum atomic E-state index is 10.7. The van der Waals surface area contributed by atoms with Gasteiger partial charge >= 0.3 is 0 Å². The molecule has 0 saturated carbocycles. The first-order valence-corrected chi connectivity index (χ1v) is 5.26. The first kappa shape index (κ1) is 10.1. The fourth-order valence-corrected chi connectivity index (χ4v) is 1.88. The molecule has 2 rings (SSSR count). The normalized spacial score (nSPS) is 10.3. The zero-order valence-electron chi connectivity index (χ0n) is 8.14. The number of hydrogen-bond donors (Lipinski definition) is 0. The highest BCUT2D eigenvalue weighted by Crippen LogP contribution is 2.26. The van der Waals surface area contributed by atoms with E-state index >= 15 is 0 Å². The van der Waals surface area contributed by atoms with Crippen LogP contribution < -0.4 is 0 Å². The molecule has 0 aliphatic heterocycles. The summed E-state index contributed by atoms with van der Waals surface area (Å²) in [5.74, 6) is 0. The zero-order chi connectivity index (χ0) is 10.8. The van der Waals surface area contributed by atoms with Crippen molar-refractivity contribution in [2.75, 3.05) is 0 Å². The molecular formula is C11H9BrN2O. The van der Waals surface area contributed by atoms with Gasteiger partial charge in [-0.15, -0.1) is 0 Å². The minimum absolute atomic E-state index is 0.570. The minimum Gasteiger partial charge on any atom is -0.296 e. The number of aromatic nitrogens is 2. The van der Waals surface area contributed by atoms with E-state index in [1.807, 2.05) is 24.3 Å². The van der Waals surface area contributed by atoms with Crippen molar-refractivity contribution in [3.05, 3.63) is 40.5 Å². The number of aldehydes is 1. The highest BCUT2D eigenvalue weighted by molar-refractivity contribution is 9.10. The monoisotopic (exact) mass is 264 g/mol. The summed E-state index contributed by atoms with van der Waals surface area (Å²) >= 11 is 3.45. The lowest BCUT2D eigenvalue weighted by atomic mass is 10.1. The third-order valence-corrected chi connectivity index (χ3v) is 2.88. The summed E-state index contributed by atoms with van der Waals surface area (Å²) in [7, 11) is 1.75. The molecule has 0 fully saturated rings. The van der Waals surface area contributed by atoms with Crippen LogP contribution in [0.5, 0.6) is 0 Å². The van der Waals surface area contributed by atoms with Crippen LogP contribution in [0.2, 0.25) is 0 Å². The van der Waals surface area contributed by atoms with Crippen molar-refractivity contribution in [2.45, 2.75) is 0 Å². The second-order valence-corrected chi connectivity index (χ2v) is 4.03. The van der Waals surface area contributed by atoms with Crippen LogP contribution in [0.3, 0.4) is 0 Å². The van der Waals surface area contributed by atoms with Crippen LogP contribution >= 0.6 is 15.9 Å². The summed E-state index contributed by atoms with van der Waals surface area (Å²) in [6, 6.07) is 9.56. The van der Waals surface area contributed by atoms with Crippen molar-refractivity contribution >= 4 is 22.2 Å². The van der Waals surface area contributed by atoms with E-state index in [4.69, 9.17) is 0 Å². The summed E-state index contributed by atoms with van der Waals surface area (Å²) in [5.41, 5.74) is 2.36. The van der Waals surface area contributed by atoms with Gasteiger partial charge in [0.15, 0.2) is 6.29 Å². The third-order valence-electron chi connectivity index (χ3n) is 2.19. The Morgan fingerprint density at radius 1 is 1.40 bits per heavy atom. The maximum Gasteiger partial charge on any atom is 0.168 e. The van der Waals surface area contributed by atoms with Gasteiger partial charge in [-0.2, -0.15) is 5.10 Å². The predicted molar refractivity (Wildman–Crippen MR) is 61.7 cm³/mol. The quantitative estimate of drug-likeness (QED) is 0.782. The number of nitrogens with zero attached hydrogens (tertiary/aromatic N) is 2. The van der Waals surface area contributed by atoms with E-state index in [9.17, 15) is 4.79 Å². The Morgan fingerprint density at radius 3 is 2.73 bits per heavy atom. The number of benzene rings is 1.